The number of fused-ring (bicyclic) bond motifs is 3. The molecule has 0 saturated carbocycles. The van der Waals surface area contributed by atoms with Crippen molar-refractivity contribution in [3.05, 3.63) is 45.5 Å². The van der Waals surface area contributed by atoms with Crippen LogP contribution >= 0.6 is 0 Å². The number of carbonyl (C=O) groups is 1. The number of urea groups is 1. The fourth-order valence-electron chi connectivity index (χ4n) is 4.60. The smallest absolute Gasteiger partial charge is 0.333 e. The summed E-state index contributed by atoms with van der Waals surface area (Å²) in [4.78, 5) is 12.5. The lowest BCUT2D eigenvalue weighted by Gasteiger charge is -2.16. The maximum atomic E-state index is 12.5. The van der Waals surface area contributed by atoms with Gasteiger partial charge in [-0.2, -0.15) is 5.10 Å². The van der Waals surface area contributed by atoms with E-state index in [1.54, 1.807) is 10.7 Å². The molecule has 0 fully saturated rings. The Bertz CT molecular complexity index is 1090. The summed E-state index contributed by atoms with van der Waals surface area (Å²) in [6.07, 6.45) is 8.21. The zero-order chi connectivity index (χ0) is 20.7. The van der Waals surface area contributed by atoms with Gasteiger partial charge in [0.25, 0.3) is 10.0 Å². The summed E-state index contributed by atoms with van der Waals surface area (Å²) in [5.41, 5.74) is 6.15. The van der Waals surface area contributed by atoms with Crippen molar-refractivity contribution in [3.63, 3.8) is 0 Å². The van der Waals surface area contributed by atoms with E-state index < -0.39 is 16.1 Å². The zero-order valence-corrected chi connectivity index (χ0v) is 17.4. The highest BCUT2D eigenvalue weighted by Gasteiger charge is 2.25. The molecular formula is C21H24N4O4S. The van der Waals surface area contributed by atoms with Crippen LogP contribution in [0.3, 0.4) is 0 Å². The molecule has 2 aromatic rings. The van der Waals surface area contributed by atoms with Crippen LogP contribution in [-0.2, 0) is 42.3 Å². The van der Waals surface area contributed by atoms with Gasteiger partial charge < -0.3 is 10.1 Å². The third-order valence-corrected chi connectivity index (χ3v) is 6.85. The highest BCUT2D eigenvalue weighted by molar-refractivity contribution is 7.93. The van der Waals surface area contributed by atoms with E-state index >= 15 is 0 Å². The Morgan fingerprint density at radius 2 is 1.80 bits per heavy atom. The molecule has 5 rings (SSSR count). The predicted octanol–water partition coefficient (Wildman–Crippen LogP) is 2.77. The molecule has 30 heavy (non-hydrogen) atoms. The van der Waals surface area contributed by atoms with Crippen molar-refractivity contribution in [2.24, 2.45) is 0 Å². The predicted molar refractivity (Wildman–Crippen MR) is 113 cm³/mol. The molecule has 1 aromatic carbocycles. The number of rotatable bonds is 4. The molecule has 0 spiro atoms. The number of aromatic nitrogens is 2. The van der Waals surface area contributed by atoms with Gasteiger partial charge >= 0.3 is 6.03 Å². The first-order chi connectivity index (χ1) is 14.5. The Hall–Kier alpha value is -2.81. The second-order valence-electron chi connectivity index (χ2n) is 7.97. The van der Waals surface area contributed by atoms with Crippen LogP contribution in [0, 0.1) is 0 Å². The summed E-state index contributed by atoms with van der Waals surface area (Å²) in [6.45, 7) is 1.37. The standard InChI is InChI=1S/C21H24N4O4S/c26-21(22-20-17-6-1-4-14(17)12-15-5-2-7-18(15)20)24-30(27,28)11-8-16-13-19-25(23-16)9-3-10-29-19/h8,11-13H,1-7,9-10H2,(H2,22,24,26)/b11-8+. The maximum Gasteiger partial charge on any atom is 0.333 e. The summed E-state index contributed by atoms with van der Waals surface area (Å²) >= 11 is 0. The van der Waals surface area contributed by atoms with Crippen LogP contribution in [0.5, 0.6) is 5.88 Å². The fraction of sp³-hybridized carbons (Fsp3) is 0.429. The van der Waals surface area contributed by atoms with E-state index in [9.17, 15) is 13.2 Å². The Labute approximate surface area is 175 Å². The van der Waals surface area contributed by atoms with Gasteiger partial charge in [-0.3, -0.25) is 0 Å². The summed E-state index contributed by atoms with van der Waals surface area (Å²) in [7, 11) is -3.96. The number of carbonyl (C=O) groups excluding carboxylic acids is 1. The van der Waals surface area contributed by atoms with Crippen molar-refractivity contribution >= 4 is 27.8 Å². The Balaban J connectivity index is 1.30. The van der Waals surface area contributed by atoms with Gasteiger partial charge in [-0.15, -0.1) is 0 Å². The normalized spacial score (nSPS) is 17.3. The Kier molecular flexibility index (Phi) is 4.77. The topological polar surface area (TPSA) is 102 Å². The first kappa shape index (κ1) is 19.2. The zero-order valence-electron chi connectivity index (χ0n) is 16.6. The minimum absolute atomic E-state index is 0.469. The Morgan fingerprint density at radius 1 is 1.07 bits per heavy atom. The van der Waals surface area contributed by atoms with Crippen LogP contribution in [-0.4, -0.2) is 30.8 Å². The third kappa shape index (κ3) is 3.69. The number of benzene rings is 1. The second-order valence-corrected chi connectivity index (χ2v) is 9.54. The van der Waals surface area contributed by atoms with Gasteiger partial charge in [0.05, 0.1) is 17.7 Å². The van der Waals surface area contributed by atoms with Gasteiger partial charge in [-0.1, -0.05) is 6.07 Å². The summed E-state index contributed by atoms with van der Waals surface area (Å²) < 4.78 is 34.0. The van der Waals surface area contributed by atoms with Crippen LogP contribution in [0.15, 0.2) is 17.5 Å². The molecule has 3 aliphatic rings. The minimum Gasteiger partial charge on any atom is -0.478 e. The number of amides is 2. The largest absolute Gasteiger partial charge is 0.478 e. The van der Waals surface area contributed by atoms with E-state index in [1.165, 1.54) is 17.2 Å². The van der Waals surface area contributed by atoms with Crippen molar-refractivity contribution in [2.75, 3.05) is 11.9 Å². The molecule has 158 valence electrons. The molecule has 0 saturated heterocycles. The van der Waals surface area contributed by atoms with Crippen molar-refractivity contribution in [3.8, 4) is 5.88 Å². The maximum absolute atomic E-state index is 12.5. The molecule has 2 aliphatic carbocycles. The number of nitrogens with zero attached hydrogens (tertiary/aromatic N) is 2. The first-order valence-electron chi connectivity index (χ1n) is 10.4. The van der Waals surface area contributed by atoms with Crippen LogP contribution < -0.4 is 14.8 Å². The van der Waals surface area contributed by atoms with E-state index in [0.29, 0.717) is 18.2 Å². The molecule has 2 heterocycles. The minimum atomic E-state index is -3.96. The average Bonchev–Trinajstić information content (AvgIpc) is 3.44. The number of anilines is 1. The molecule has 8 nitrogen and oxygen atoms in total. The van der Waals surface area contributed by atoms with Crippen molar-refractivity contribution in [1.82, 2.24) is 14.5 Å². The van der Waals surface area contributed by atoms with Crippen LogP contribution in [0.2, 0.25) is 0 Å². The molecule has 2 amide bonds. The SMILES string of the molecule is O=C(Nc1c2c(cc3c1CCC3)CCC2)NS(=O)(=O)/C=C/c1cc2n(n1)CCCO2. The van der Waals surface area contributed by atoms with Crippen LogP contribution in [0.4, 0.5) is 10.5 Å². The van der Waals surface area contributed by atoms with E-state index in [-0.39, 0.29) is 0 Å². The number of aryl methyl sites for hydroxylation is 3. The first-order valence-corrected chi connectivity index (χ1v) is 11.9. The highest BCUT2D eigenvalue weighted by atomic mass is 32.2. The van der Waals surface area contributed by atoms with Gasteiger partial charge in [0, 0.05) is 24.7 Å². The van der Waals surface area contributed by atoms with Gasteiger partial charge in [-0.05, 0) is 66.9 Å². The average molecular weight is 429 g/mol. The van der Waals surface area contributed by atoms with Crippen molar-refractivity contribution < 1.29 is 17.9 Å². The molecule has 0 radical (unpaired) electrons. The Morgan fingerprint density at radius 3 is 2.50 bits per heavy atom. The summed E-state index contributed by atoms with van der Waals surface area (Å²) in [5.74, 6) is 0.621. The summed E-state index contributed by atoms with van der Waals surface area (Å²) in [6, 6.07) is 3.21. The number of hydrogen-bond donors (Lipinski definition) is 2. The number of nitrogens with one attached hydrogen (secondary N) is 2. The molecular weight excluding hydrogens is 404 g/mol. The second kappa shape index (κ2) is 7.46. The van der Waals surface area contributed by atoms with E-state index in [1.807, 2.05) is 0 Å². The lowest BCUT2D eigenvalue weighted by Crippen LogP contribution is -2.33. The van der Waals surface area contributed by atoms with Crippen LogP contribution in [0.1, 0.15) is 47.2 Å². The lowest BCUT2D eigenvalue weighted by molar-refractivity contribution is 0.230. The van der Waals surface area contributed by atoms with Crippen molar-refractivity contribution in [2.45, 2.75) is 51.5 Å². The van der Waals surface area contributed by atoms with Crippen molar-refractivity contribution in [1.29, 1.82) is 0 Å². The molecule has 1 aromatic heterocycles. The van der Waals surface area contributed by atoms with Gasteiger partial charge in [0.2, 0.25) is 5.88 Å². The molecule has 1 aliphatic heterocycles. The molecule has 0 unspecified atom stereocenters. The monoisotopic (exact) mass is 428 g/mol. The molecule has 0 atom stereocenters. The molecule has 9 heteroatoms. The third-order valence-electron chi connectivity index (χ3n) is 5.89. The van der Waals surface area contributed by atoms with E-state index in [4.69, 9.17) is 4.74 Å². The molecule has 2 N–H and O–H groups in total. The fourth-order valence-corrected chi connectivity index (χ4v) is 5.29. The van der Waals surface area contributed by atoms with Crippen LogP contribution in [0.25, 0.3) is 6.08 Å². The van der Waals surface area contributed by atoms with Gasteiger partial charge in [0.15, 0.2) is 0 Å². The highest BCUT2D eigenvalue weighted by Crippen LogP contribution is 2.38. The van der Waals surface area contributed by atoms with E-state index in [2.05, 4.69) is 21.2 Å². The van der Waals surface area contributed by atoms with Gasteiger partial charge in [0.1, 0.15) is 0 Å². The summed E-state index contributed by atoms with van der Waals surface area (Å²) in [5, 5.41) is 8.08. The number of sulfonamides is 1. The quantitative estimate of drug-likeness (QED) is 0.780. The lowest BCUT2D eigenvalue weighted by atomic mass is 9.99. The number of hydrogen-bond acceptors (Lipinski definition) is 5. The van der Waals surface area contributed by atoms with E-state index in [0.717, 1.165) is 73.7 Å². The molecule has 0 bridgehead atoms. The number of ether oxygens (including phenoxy) is 1. The van der Waals surface area contributed by atoms with Gasteiger partial charge in [-0.25, -0.2) is 22.6 Å².